The van der Waals surface area contributed by atoms with Crippen LogP contribution < -0.4 is 5.56 Å². The number of amides is 1. The second-order valence-electron chi connectivity index (χ2n) is 6.01. The van der Waals surface area contributed by atoms with E-state index in [1.165, 1.54) is 9.58 Å². The Morgan fingerprint density at radius 3 is 2.29 bits per heavy atom. The van der Waals surface area contributed by atoms with Crippen LogP contribution in [0.3, 0.4) is 0 Å². The number of rotatable bonds is 3. The first-order valence-electron chi connectivity index (χ1n) is 7.74. The maximum atomic E-state index is 12.7. The van der Waals surface area contributed by atoms with Crippen molar-refractivity contribution in [1.29, 1.82) is 0 Å². The molecule has 3 rings (SSSR count). The molecule has 0 fully saturated rings. The second-order valence-corrected chi connectivity index (χ2v) is 6.01. The molecule has 0 aliphatic rings. The average molecular weight is 321 g/mol. The van der Waals surface area contributed by atoms with Crippen LogP contribution in [-0.2, 0) is 11.3 Å². The molecule has 0 saturated heterocycles. The fourth-order valence-corrected chi connectivity index (χ4v) is 2.54. The van der Waals surface area contributed by atoms with Gasteiger partial charge in [-0.05, 0) is 13.0 Å². The number of likely N-dealkylation sites (N-methyl/N-ethyl adjacent to an activating group) is 1. The molecule has 0 radical (unpaired) electrons. The van der Waals surface area contributed by atoms with Gasteiger partial charge in [0.2, 0.25) is 5.91 Å². The zero-order valence-electron chi connectivity index (χ0n) is 14.0. The Labute approximate surface area is 140 Å². The van der Waals surface area contributed by atoms with E-state index in [0.717, 1.165) is 16.5 Å². The Morgan fingerprint density at radius 1 is 1.04 bits per heavy atom. The second kappa shape index (κ2) is 6.28. The smallest absolute Gasteiger partial charge is 0.275 e. The predicted molar refractivity (Wildman–Crippen MR) is 94.9 cm³/mol. The van der Waals surface area contributed by atoms with Crippen LogP contribution in [0.25, 0.3) is 22.0 Å². The lowest BCUT2D eigenvalue weighted by atomic mass is 10.0. The van der Waals surface area contributed by atoms with Gasteiger partial charge in [0, 0.05) is 25.0 Å². The molecule has 1 aromatic heterocycles. The molecule has 2 aromatic carbocycles. The summed E-state index contributed by atoms with van der Waals surface area (Å²) in [5.41, 5.74) is 2.52. The number of hydrogen-bond donors (Lipinski definition) is 0. The zero-order valence-corrected chi connectivity index (χ0v) is 14.0. The van der Waals surface area contributed by atoms with E-state index in [0.29, 0.717) is 11.1 Å². The topological polar surface area (TPSA) is 55.2 Å². The Morgan fingerprint density at radius 2 is 1.67 bits per heavy atom. The molecule has 3 aromatic rings. The number of nitrogens with zero attached hydrogens (tertiary/aromatic N) is 3. The van der Waals surface area contributed by atoms with Crippen molar-refractivity contribution < 1.29 is 4.79 Å². The van der Waals surface area contributed by atoms with Crippen molar-refractivity contribution in [1.82, 2.24) is 14.7 Å². The fourth-order valence-electron chi connectivity index (χ4n) is 2.54. The highest BCUT2D eigenvalue weighted by Gasteiger charge is 2.14. The first kappa shape index (κ1) is 15.9. The third kappa shape index (κ3) is 2.93. The summed E-state index contributed by atoms with van der Waals surface area (Å²) < 4.78 is 1.25. The molecular weight excluding hydrogens is 302 g/mol. The van der Waals surface area contributed by atoms with Crippen molar-refractivity contribution in [3.05, 3.63) is 64.4 Å². The van der Waals surface area contributed by atoms with Gasteiger partial charge in [-0.25, -0.2) is 4.68 Å². The molecule has 0 aliphatic carbocycles. The van der Waals surface area contributed by atoms with Crippen LogP contribution in [0.2, 0.25) is 0 Å². The van der Waals surface area contributed by atoms with Crippen molar-refractivity contribution in [3.63, 3.8) is 0 Å². The van der Waals surface area contributed by atoms with E-state index in [4.69, 9.17) is 0 Å². The zero-order chi connectivity index (χ0) is 17.3. The van der Waals surface area contributed by atoms with Crippen molar-refractivity contribution in [2.24, 2.45) is 0 Å². The third-order valence-electron chi connectivity index (χ3n) is 3.98. The van der Waals surface area contributed by atoms with E-state index >= 15 is 0 Å². The summed E-state index contributed by atoms with van der Waals surface area (Å²) in [6.07, 6.45) is 0. The van der Waals surface area contributed by atoms with Gasteiger partial charge in [-0.15, -0.1) is 0 Å². The van der Waals surface area contributed by atoms with Gasteiger partial charge in [-0.2, -0.15) is 5.10 Å². The molecule has 0 saturated carbocycles. The van der Waals surface area contributed by atoms with Gasteiger partial charge in [0.15, 0.2) is 0 Å². The number of carbonyl (C=O) groups excluding carboxylic acids is 1. The van der Waals surface area contributed by atoms with Gasteiger partial charge in [0.05, 0.1) is 11.1 Å². The van der Waals surface area contributed by atoms with E-state index in [1.54, 1.807) is 20.2 Å². The van der Waals surface area contributed by atoms with Crippen LogP contribution in [0.5, 0.6) is 0 Å². The first-order chi connectivity index (χ1) is 11.5. The van der Waals surface area contributed by atoms with Crippen molar-refractivity contribution >= 4 is 16.7 Å². The molecule has 24 heavy (non-hydrogen) atoms. The Bertz CT molecular complexity index is 957. The maximum Gasteiger partial charge on any atom is 0.275 e. The lowest BCUT2D eigenvalue weighted by Crippen LogP contribution is -2.33. The molecule has 1 heterocycles. The summed E-state index contributed by atoms with van der Waals surface area (Å²) in [5.74, 6) is -0.172. The maximum absolute atomic E-state index is 12.7. The quantitative estimate of drug-likeness (QED) is 0.744. The molecule has 5 heteroatoms. The molecule has 1 amide bonds. The van der Waals surface area contributed by atoms with Gasteiger partial charge in [-0.1, -0.05) is 48.0 Å². The number of aryl methyl sites for hydroxylation is 1. The van der Waals surface area contributed by atoms with Gasteiger partial charge in [0.1, 0.15) is 6.54 Å². The lowest BCUT2D eigenvalue weighted by Gasteiger charge is -2.14. The summed E-state index contributed by atoms with van der Waals surface area (Å²) in [5, 5.41) is 5.84. The SMILES string of the molecule is Cc1ccc(-c2nn(CC(=O)N(C)C)c(=O)c3ccccc23)cc1. The molecule has 5 nitrogen and oxygen atoms in total. The van der Waals surface area contributed by atoms with Gasteiger partial charge in [0.25, 0.3) is 5.56 Å². The van der Waals surface area contributed by atoms with Crippen LogP contribution >= 0.6 is 0 Å². The van der Waals surface area contributed by atoms with E-state index < -0.39 is 0 Å². The Hall–Kier alpha value is -2.95. The summed E-state index contributed by atoms with van der Waals surface area (Å²) in [4.78, 5) is 26.1. The summed E-state index contributed by atoms with van der Waals surface area (Å²) in [6, 6.07) is 15.3. The number of hydrogen-bond acceptors (Lipinski definition) is 3. The van der Waals surface area contributed by atoms with E-state index in [2.05, 4.69) is 5.10 Å². The van der Waals surface area contributed by atoms with E-state index in [-0.39, 0.29) is 18.0 Å². The highest BCUT2D eigenvalue weighted by Crippen LogP contribution is 2.24. The minimum Gasteiger partial charge on any atom is -0.347 e. The highest BCUT2D eigenvalue weighted by molar-refractivity contribution is 5.93. The van der Waals surface area contributed by atoms with Crippen molar-refractivity contribution in [2.75, 3.05) is 14.1 Å². The molecule has 0 atom stereocenters. The molecule has 0 N–H and O–H groups in total. The fraction of sp³-hybridized carbons (Fsp3) is 0.211. The van der Waals surface area contributed by atoms with E-state index in [1.807, 2.05) is 49.4 Å². The lowest BCUT2D eigenvalue weighted by molar-refractivity contribution is -0.129. The summed E-state index contributed by atoms with van der Waals surface area (Å²) in [6.45, 7) is 1.95. The van der Waals surface area contributed by atoms with Crippen LogP contribution in [-0.4, -0.2) is 34.7 Å². The van der Waals surface area contributed by atoms with Crippen molar-refractivity contribution in [2.45, 2.75) is 13.5 Å². The third-order valence-corrected chi connectivity index (χ3v) is 3.98. The van der Waals surface area contributed by atoms with Crippen LogP contribution in [0.1, 0.15) is 5.56 Å². The normalized spacial score (nSPS) is 10.8. The molecule has 0 bridgehead atoms. The summed E-state index contributed by atoms with van der Waals surface area (Å²) >= 11 is 0. The first-order valence-corrected chi connectivity index (χ1v) is 7.74. The van der Waals surface area contributed by atoms with E-state index in [9.17, 15) is 9.59 Å². The predicted octanol–water partition coefficient (Wildman–Crippen LogP) is 2.46. The summed E-state index contributed by atoms with van der Waals surface area (Å²) in [7, 11) is 3.32. The highest BCUT2D eigenvalue weighted by atomic mass is 16.2. The number of aromatic nitrogens is 2. The standard InChI is InChI=1S/C19H19N3O2/c1-13-8-10-14(11-9-13)18-15-6-4-5-7-16(15)19(24)22(20-18)12-17(23)21(2)3/h4-11H,12H2,1-3H3. The molecule has 122 valence electrons. The Kier molecular flexibility index (Phi) is 4.16. The number of carbonyl (C=O) groups is 1. The largest absolute Gasteiger partial charge is 0.347 e. The number of fused-ring (bicyclic) bond motifs is 1. The number of benzene rings is 2. The minimum absolute atomic E-state index is 0.0739. The molecular formula is C19H19N3O2. The van der Waals surface area contributed by atoms with Gasteiger partial charge < -0.3 is 4.90 Å². The van der Waals surface area contributed by atoms with Crippen LogP contribution in [0.4, 0.5) is 0 Å². The van der Waals surface area contributed by atoms with Gasteiger partial charge >= 0.3 is 0 Å². The van der Waals surface area contributed by atoms with Crippen LogP contribution in [0, 0.1) is 6.92 Å². The van der Waals surface area contributed by atoms with Gasteiger partial charge in [-0.3, -0.25) is 9.59 Å². The minimum atomic E-state index is -0.253. The average Bonchev–Trinajstić information content (AvgIpc) is 2.58. The molecule has 0 spiro atoms. The van der Waals surface area contributed by atoms with Crippen molar-refractivity contribution in [3.8, 4) is 11.3 Å². The van der Waals surface area contributed by atoms with Crippen LogP contribution in [0.15, 0.2) is 53.3 Å². The Balaban J connectivity index is 2.24. The molecule has 0 aliphatic heterocycles. The monoisotopic (exact) mass is 321 g/mol. The molecule has 0 unspecified atom stereocenters.